The summed E-state index contributed by atoms with van der Waals surface area (Å²) in [5.41, 5.74) is 0.366. The third-order valence-corrected chi connectivity index (χ3v) is 1.74. The SMILES string of the molecule is Cc1cc(Cl)c(OB(O)O)cc1F. The van der Waals surface area contributed by atoms with Crippen LogP contribution in [0.25, 0.3) is 0 Å². The van der Waals surface area contributed by atoms with Gasteiger partial charge < -0.3 is 14.7 Å². The highest BCUT2D eigenvalue weighted by Crippen LogP contribution is 2.27. The summed E-state index contributed by atoms with van der Waals surface area (Å²) in [7, 11) is -2.00. The van der Waals surface area contributed by atoms with Gasteiger partial charge in [0.05, 0.1) is 5.02 Å². The molecule has 0 heterocycles. The Hall–Kier alpha value is -0.775. The third kappa shape index (κ3) is 2.58. The molecule has 0 aliphatic heterocycles. The van der Waals surface area contributed by atoms with Gasteiger partial charge in [0, 0.05) is 6.07 Å². The van der Waals surface area contributed by atoms with Crippen molar-refractivity contribution >= 4 is 18.9 Å². The Balaban J connectivity index is 3.01. The minimum Gasteiger partial charge on any atom is -0.511 e. The Morgan fingerprint density at radius 3 is 2.62 bits per heavy atom. The summed E-state index contributed by atoms with van der Waals surface area (Å²) in [6, 6.07) is 2.34. The van der Waals surface area contributed by atoms with Crippen LogP contribution in [0, 0.1) is 12.7 Å². The molecule has 0 aliphatic carbocycles. The lowest BCUT2D eigenvalue weighted by molar-refractivity contribution is 0.287. The number of halogens is 2. The Kier molecular flexibility index (Phi) is 3.14. The van der Waals surface area contributed by atoms with Crippen LogP contribution in [0.2, 0.25) is 5.02 Å². The van der Waals surface area contributed by atoms with Gasteiger partial charge in [-0.15, -0.1) is 0 Å². The van der Waals surface area contributed by atoms with Crippen LogP contribution in [0.3, 0.4) is 0 Å². The molecule has 0 spiro atoms. The molecular weight excluding hydrogens is 197 g/mol. The van der Waals surface area contributed by atoms with E-state index in [1.807, 2.05) is 0 Å². The zero-order chi connectivity index (χ0) is 10.0. The number of aryl methyl sites for hydroxylation is 1. The van der Waals surface area contributed by atoms with Crippen molar-refractivity contribution in [2.75, 3.05) is 0 Å². The van der Waals surface area contributed by atoms with Gasteiger partial charge in [-0.1, -0.05) is 11.6 Å². The number of rotatable bonds is 2. The summed E-state index contributed by atoms with van der Waals surface area (Å²) >= 11 is 5.63. The molecule has 1 aromatic carbocycles. The van der Waals surface area contributed by atoms with Crippen molar-refractivity contribution in [1.82, 2.24) is 0 Å². The fourth-order valence-corrected chi connectivity index (χ4v) is 1.09. The van der Waals surface area contributed by atoms with E-state index in [0.29, 0.717) is 5.56 Å². The lowest BCUT2D eigenvalue weighted by Crippen LogP contribution is -2.20. The van der Waals surface area contributed by atoms with Crippen LogP contribution in [0.4, 0.5) is 4.39 Å². The van der Waals surface area contributed by atoms with Crippen LogP contribution in [-0.4, -0.2) is 17.4 Å². The monoisotopic (exact) mass is 204 g/mol. The summed E-state index contributed by atoms with van der Waals surface area (Å²) in [6.45, 7) is 1.54. The van der Waals surface area contributed by atoms with Crippen molar-refractivity contribution in [3.8, 4) is 5.75 Å². The average molecular weight is 204 g/mol. The highest BCUT2D eigenvalue weighted by atomic mass is 35.5. The lowest BCUT2D eigenvalue weighted by atomic mass is 10.2. The minimum atomic E-state index is -2.00. The van der Waals surface area contributed by atoms with Crippen molar-refractivity contribution in [2.45, 2.75) is 6.92 Å². The predicted octanol–water partition coefficient (Wildman–Crippen LogP) is 1.14. The molecule has 13 heavy (non-hydrogen) atoms. The van der Waals surface area contributed by atoms with Gasteiger partial charge in [-0.05, 0) is 18.6 Å². The van der Waals surface area contributed by atoms with E-state index < -0.39 is 13.1 Å². The van der Waals surface area contributed by atoms with Gasteiger partial charge in [0.1, 0.15) is 11.6 Å². The molecular formula is C7H7BClFO3. The minimum absolute atomic E-state index is 0.0974. The van der Waals surface area contributed by atoms with E-state index in [4.69, 9.17) is 21.6 Å². The first kappa shape index (κ1) is 10.3. The van der Waals surface area contributed by atoms with Gasteiger partial charge in [0.15, 0.2) is 0 Å². The molecule has 0 radical (unpaired) electrons. The van der Waals surface area contributed by atoms with Crippen LogP contribution >= 0.6 is 11.6 Å². The fraction of sp³-hybridized carbons (Fsp3) is 0.143. The van der Waals surface area contributed by atoms with E-state index in [0.717, 1.165) is 6.07 Å². The van der Waals surface area contributed by atoms with Crippen molar-refractivity contribution in [2.24, 2.45) is 0 Å². The maximum absolute atomic E-state index is 12.9. The van der Waals surface area contributed by atoms with Gasteiger partial charge in [-0.25, -0.2) is 4.39 Å². The van der Waals surface area contributed by atoms with Crippen LogP contribution in [-0.2, 0) is 0 Å². The molecule has 0 saturated heterocycles. The van der Waals surface area contributed by atoms with E-state index in [2.05, 4.69) is 4.65 Å². The van der Waals surface area contributed by atoms with Crippen LogP contribution in [0.1, 0.15) is 5.56 Å². The number of hydrogen-bond acceptors (Lipinski definition) is 3. The Labute approximate surface area is 79.9 Å². The molecule has 1 aromatic rings. The normalized spacial score (nSPS) is 9.92. The highest BCUT2D eigenvalue weighted by molar-refractivity contribution is 6.36. The third-order valence-electron chi connectivity index (χ3n) is 1.45. The average Bonchev–Trinajstić information content (AvgIpc) is 1.99. The summed E-state index contributed by atoms with van der Waals surface area (Å²) in [5.74, 6) is -0.611. The second-order valence-electron chi connectivity index (χ2n) is 2.48. The van der Waals surface area contributed by atoms with Gasteiger partial charge in [-0.2, -0.15) is 0 Å². The molecule has 0 aliphatic rings. The highest BCUT2D eigenvalue weighted by Gasteiger charge is 2.15. The molecule has 3 nitrogen and oxygen atoms in total. The molecule has 0 aromatic heterocycles. The van der Waals surface area contributed by atoms with Crippen molar-refractivity contribution in [3.05, 3.63) is 28.5 Å². The molecule has 70 valence electrons. The Morgan fingerprint density at radius 1 is 1.46 bits per heavy atom. The summed E-state index contributed by atoms with van der Waals surface area (Å²) < 4.78 is 17.3. The van der Waals surface area contributed by atoms with Gasteiger partial charge in [0.25, 0.3) is 0 Å². The first-order valence-corrected chi connectivity index (χ1v) is 3.87. The summed E-state index contributed by atoms with van der Waals surface area (Å²) in [6.07, 6.45) is 0. The number of benzene rings is 1. The number of hydrogen-bond donors (Lipinski definition) is 2. The molecule has 0 unspecified atom stereocenters. The first-order valence-electron chi connectivity index (χ1n) is 3.49. The zero-order valence-corrected chi connectivity index (χ0v) is 7.55. The largest absolute Gasteiger partial charge is 0.707 e. The summed E-state index contributed by atoms with van der Waals surface area (Å²) in [4.78, 5) is 0. The maximum Gasteiger partial charge on any atom is 0.707 e. The Bertz CT molecular complexity index is 319. The van der Waals surface area contributed by atoms with Crippen LogP contribution in [0.15, 0.2) is 12.1 Å². The smallest absolute Gasteiger partial charge is 0.511 e. The van der Waals surface area contributed by atoms with Gasteiger partial charge in [0.2, 0.25) is 0 Å². The second-order valence-corrected chi connectivity index (χ2v) is 2.88. The fourth-order valence-electron chi connectivity index (χ4n) is 0.832. The van der Waals surface area contributed by atoms with Crippen molar-refractivity contribution in [1.29, 1.82) is 0 Å². The molecule has 1 rings (SSSR count). The predicted molar refractivity (Wildman–Crippen MR) is 47.0 cm³/mol. The van der Waals surface area contributed by atoms with Gasteiger partial charge in [-0.3, -0.25) is 0 Å². The standard InChI is InChI=1S/C7H7BClFO3/c1-4-2-5(9)7(3-6(4)10)13-8(11)12/h2-3,11-12H,1H3. The lowest BCUT2D eigenvalue weighted by Gasteiger charge is -2.07. The van der Waals surface area contributed by atoms with E-state index in [1.165, 1.54) is 6.07 Å². The van der Waals surface area contributed by atoms with E-state index in [-0.39, 0.29) is 10.8 Å². The molecule has 0 atom stereocenters. The maximum atomic E-state index is 12.9. The van der Waals surface area contributed by atoms with Crippen LogP contribution in [0.5, 0.6) is 5.75 Å². The molecule has 0 bridgehead atoms. The van der Waals surface area contributed by atoms with E-state index in [1.54, 1.807) is 6.92 Å². The Morgan fingerprint density at radius 2 is 2.08 bits per heavy atom. The molecule has 0 amide bonds. The molecule has 0 saturated carbocycles. The topological polar surface area (TPSA) is 49.7 Å². The first-order chi connectivity index (χ1) is 6.00. The van der Waals surface area contributed by atoms with Gasteiger partial charge >= 0.3 is 7.32 Å². The molecule has 0 fully saturated rings. The van der Waals surface area contributed by atoms with Crippen LogP contribution < -0.4 is 4.65 Å². The quantitative estimate of drug-likeness (QED) is 0.710. The molecule has 2 N–H and O–H groups in total. The second kappa shape index (κ2) is 3.96. The van der Waals surface area contributed by atoms with E-state index >= 15 is 0 Å². The summed E-state index contributed by atoms with van der Waals surface area (Å²) in [5, 5.41) is 17.0. The molecule has 6 heteroatoms. The zero-order valence-electron chi connectivity index (χ0n) is 6.79. The van der Waals surface area contributed by atoms with Crippen molar-refractivity contribution < 1.29 is 19.1 Å². The van der Waals surface area contributed by atoms with E-state index in [9.17, 15) is 4.39 Å². The van der Waals surface area contributed by atoms with Crippen molar-refractivity contribution in [3.63, 3.8) is 0 Å².